The first kappa shape index (κ1) is 21.0. The lowest BCUT2D eigenvalue weighted by Gasteiger charge is -2.38. The zero-order chi connectivity index (χ0) is 21.7. The fourth-order valence-electron chi connectivity index (χ4n) is 4.68. The highest BCUT2D eigenvalue weighted by Gasteiger charge is 2.52. The van der Waals surface area contributed by atoms with E-state index < -0.39 is 15.3 Å². The fraction of sp³-hybridized carbons (Fsp3) is 0.524. The number of rotatable bonds is 5. The highest BCUT2D eigenvalue weighted by Crippen LogP contribution is 2.48. The van der Waals surface area contributed by atoms with Gasteiger partial charge in [-0.3, -0.25) is 14.4 Å². The van der Waals surface area contributed by atoms with E-state index in [0.717, 1.165) is 29.8 Å². The second-order valence-electron chi connectivity index (χ2n) is 8.61. The van der Waals surface area contributed by atoms with Crippen molar-refractivity contribution in [3.63, 3.8) is 0 Å². The molecule has 0 aliphatic carbocycles. The number of aromatic nitrogens is 2. The Balaban J connectivity index is 1.45. The summed E-state index contributed by atoms with van der Waals surface area (Å²) in [6.45, 7) is 4.33. The van der Waals surface area contributed by atoms with Crippen LogP contribution < -0.4 is 4.90 Å². The number of benzene rings is 1. The van der Waals surface area contributed by atoms with Crippen LogP contribution >= 0.6 is 0 Å². The van der Waals surface area contributed by atoms with Gasteiger partial charge in [0, 0.05) is 31.6 Å². The monoisotopic (exact) mass is 434 g/mol. The third-order valence-corrected chi connectivity index (χ3v) is 7.19. The van der Waals surface area contributed by atoms with Gasteiger partial charge in [0.2, 0.25) is 5.91 Å². The molecule has 162 valence electrons. The van der Waals surface area contributed by atoms with Crippen molar-refractivity contribution < 1.29 is 17.6 Å². The van der Waals surface area contributed by atoms with E-state index >= 15 is 0 Å². The Hall–Kier alpha value is -2.26. The second-order valence-corrected chi connectivity index (χ2v) is 10.9. The van der Waals surface area contributed by atoms with E-state index in [1.54, 1.807) is 17.9 Å². The molecule has 1 aromatic carbocycles. The Kier molecular flexibility index (Phi) is 5.22. The molecule has 30 heavy (non-hydrogen) atoms. The van der Waals surface area contributed by atoms with E-state index in [0.29, 0.717) is 31.6 Å². The molecule has 7 nitrogen and oxygen atoms in total. The molecule has 1 saturated heterocycles. The molecule has 0 unspecified atom stereocenters. The number of amides is 1. The molecule has 2 aromatic rings. The maximum absolute atomic E-state index is 14.6. The predicted octanol–water partition coefficient (Wildman–Crippen LogP) is 1.89. The maximum atomic E-state index is 14.6. The lowest BCUT2D eigenvalue weighted by molar-refractivity contribution is -0.124. The molecule has 0 N–H and O–H groups in total. The van der Waals surface area contributed by atoms with Crippen LogP contribution in [-0.4, -0.2) is 61.2 Å². The zero-order valence-corrected chi connectivity index (χ0v) is 18.4. The highest BCUT2D eigenvalue weighted by atomic mass is 32.2. The second kappa shape index (κ2) is 7.46. The molecule has 9 heteroatoms. The maximum Gasteiger partial charge on any atom is 0.237 e. The minimum atomic E-state index is -3.03. The molecular formula is C21H27FN4O3S. The van der Waals surface area contributed by atoms with E-state index in [2.05, 4.69) is 10.00 Å². The van der Waals surface area contributed by atoms with Gasteiger partial charge in [-0.25, -0.2) is 12.8 Å². The standard InChI is InChI=1S/C21H27FN4O3S/c1-15-10-17-19(18(22)11-15)24(2)20(27)21(17)4-6-25(7-5-21)13-16-12-23-26(14-16)8-9-30(3,28)29/h10-12,14H,4-9,13H2,1-3H3. The molecule has 3 heterocycles. The summed E-state index contributed by atoms with van der Waals surface area (Å²) in [5, 5.41) is 4.25. The van der Waals surface area contributed by atoms with Crippen LogP contribution in [0.4, 0.5) is 10.1 Å². The van der Waals surface area contributed by atoms with Gasteiger partial charge < -0.3 is 4.90 Å². The van der Waals surface area contributed by atoms with Gasteiger partial charge in [-0.2, -0.15) is 5.10 Å². The van der Waals surface area contributed by atoms with Crippen LogP contribution in [0.1, 0.15) is 29.5 Å². The minimum Gasteiger partial charge on any atom is -0.312 e. The molecule has 0 bridgehead atoms. The first-order chi connectivity index (χ1) is 14.1. The lowest BCUT2D eigenvalue weighted by Crippen LogP contribution is -2.47. The summed E-state index contributed by atoms with van der Waals surface area (Å²) in [6.07, 6.45) is 6.14. The van der Waals surface area contributed by atoms with Gasteiger partial charge in [-0.15, -0.1) is 0 Å². The Morgan fingerprint density at radius 3 is 2.60 bits per heavy atom. The van der Waals surface area contributed by atoms with Gasteiger partial charge >= 0.3 is 0 Å². The fourth-order valence-corrected chi connectivity index (χ4v) is 5.20. The van der Waals surface area contributed by atoms with Crippen molar-refractivity contribution >= 4 is 21.4 Å². The molecule has 1 fully saturated rings. The number of sulfone groups is 1. The molecule has 0 atom stereocenters. The highest BCUT2D eigenvalue weighted by molar-refractivity contribution is 7.90. The zero-order valence-electron chi connectivity index (χ0n) is 17.6. The van der Waals surface area contributed by atoms with Gasteiger partial charge in [0.15, 0.2) is 0 Å². The number of piperidine rings is 1. The summed E-state index contributed by atoms with van der Waals surface area (Å²) < 4.78 is 38.9. The number of hydrogen-bond donors (Lipinski definition) is 0. The number of likely N-dealkylation sites (N-methyl/N-ethyl adjacent to an activating group) is 1. The summed E-state index contributed by atoms with van der Waals surface area (Å²) in [7, 11) is -1.37. The van der Waals surface area contributed by atoms with Crippen LogP contribution in [0.25, 0.3) is 0 Å². The molecule has 0 saturated carbocycles. The number of aryl methyl sites for hydroxylation is 2. The van der Waals surface area contributed by atoms with Gasteiger partial charge in [0.05, 0.1) is 29.6 Å². The van der Waals surface area contributed by atoms with Crippen LogP contribution in [0.3, 0.4) is 0 Å². The molecule has 2 aliphatic rings. The minimum absolute atomic E-state index is 0.0183. The Morgan fingerprint density at radius 2 is 1.93 bits per heavy atom. The Bertz CT molecular complexity index is 1090. The van der Waals surface area contributed by atoms with E-state index in [-0.39, 0.29) is 17.5 Å². The van der Waals surface area contributed by atoms with Crippen molar-refractivity contribution in [1.82, 2.24) is 14.7 Å². The topological polar surface area (TPSA) is 75.5 Å². The number of fused-ring (bicyclic) bond motifs is 2. The molecule has 0 radical (unpaired) electrons. The van der Waals surface area contributed by atoms with E-state index in [4.69, 9.17) is 0 Å². The Morgan fingerprint density at radius 1 is 1.23 bits per heavy atom. The molecule has 2 aliphatic heterocycles. The van der Waals surface area contributed by atoms with Crippen molar-refractivity contribution in [2.75, 3.05) is 37.0 Å². The van der Waals surface area contributed by atoms with Crippen molar-refractivity contribution in [1.29, 1.82) is 0 Å². The van der Waals surface area contributed by atoms with Crippen molar-refractivity contribution in [3.05, 3.63) is 47.0 Å². The number of carbonyl (C=O) groups excluding carboxylic acids is 1. The summed E-state index contributed by atoms with van der Waals surface area (Å²) in [6, 6.07) is 3.44. The van der Waals surface area contributed by atoms with Crippen LogP contribution in [-0.2, 0) is 33.1 Å². The van der Waals surface area contributed by atoms with Gasteiger partial charge in [0.25, 0.3) is 0 Å². The Labute approximate surface area is 176 Å². The van der Waals surface area contributed by atoms with Crippen molar-refractivity contribution in [3.8, 4) is 0 Å². The SMILES string of the molecule is Cc1cc(F)c2c(c1)C1(CCN(Cc3cnn(CCS(C)(=O)=O)c3)CC1)C(=O)N2C. The number of anilines is 1. The first-order valence-electron chi connectivity index (χ1n) is 10.1. The first-order valence-corrected chi connectivity index (χ1v) is 12.2. The average molecular weight is 435 g/mol. The molecular weight excluding hydrogens is 407 g/mol. The number of nitrogens with zero attached hydrogens (tertiary/aromatic N) is 4. The smallest absolute Gasteiger partial charge is 0.237 e. The predicted molar refractivity (Wildman–Crippen MR) is 113 cm³/mol. The average Bonchev–Trinajstić information content (AvgIpc) is 3.19. The summed E-state index contributed by atoms with van der Waals surface area (Å²) in [4.78, 5) is 16.8. The molecule has 4 rings (SSSR count). The third kappa shape index (κ3) is 3.76. The number of halogens is 1. The van der Waals surface area contributed by atoms with Gasteiger partial charge in [-0.05, 0) is 50.0 Å². The number of hydrogen-bond acceptors (Lipinski definition) is 5. The molecule has 1 aromatic heterocycles. The summed E-state index contributed by atoms with van der Waals surface area (Å²) in [5.41, 5.74) is 2.44. The van der Waals surface area contributed by atoms with Gasteiger partial charge in [0.1, 0.15) is 15.7 Å². The van der Waals surface area contributed by atoms with Crippen LogP contribution in [0.15, 0.2) is 24.5 Å². The van der Waals surface area contributed by atoms with E-state index in [9.17, 15) is 17.6 Å². The van der Waals surface area contributed by atoms with Gasteiger partial charge in [-0.1, -0.05) is 6.07 Å². The van der Waals surface area contributed by atoms with Crippen molar-refractivity contribution in [2.24, 2.45) is 0 Å². The summed E-state index contributed by atoms with van der Waals surface area (Å²) >= 11 is 0. The number of likely N-dealkylation sites (tertiary alicyclic amines) is 1. The lowest BCUT2D eigenvalue weighted by atomic mass is 9.73. The van der Waals surface area contributed by atoms with Crippen LogP contribution in [0, 0.1) is 12.7 Å². The number of carbonyl (C=O) groups is 1. The third-order valence-electron chi connectivity index (χ3n) is 6.27. The largest absolute Gasteiger partial charge is 0.312 e. The van der Waals surface area contributed by atoms with Crippen LogP contribution in [0.5, 0.6) is 0 Å². The summed E-state index contributed by atoms with van der Waals surface area (Å²) in [5.74, 6) is -0.289. The normalized spacial score (nSPS) is 18.9. The van der Waals surface area contributed by atoms with E-state index in [1.807, 2.05) is 19.2 Å². The molecule has 1 amide bonds. The van der Waals surface area contributed by atoms with E-state index in [1.165, 1.54) is 17.2 Å². The molecule has 1 spiro atoms. The van der Waals surface area contributed by atoms with Crippen LogP contribution in [0.2, 0.25) is 0 Å². The quantitative estimate of drug-likeness (QED) is 0.718. The van der Waals surface area contributed by atoms with Crippen molar-refractivity contribution in [2.45, 2.75) is 38.3 Å².